The summed E-state index contributed by atoms with van der Waals surface area (Å²) in [4.78, 5) is 2.33. The van der Waals surface area contributed by atoms with Crippen molar-refractivity contribution in [1.82, 2.24) is 4.90 Å². The molecule has 1 unspecified atom stereocenters. The molecular formula is C14H20FN2O. The quantitative estimate of drug-likeness (QED) is 0.838. The van der Waals surface area contributed by atoms with Gasteiger partial charge >= 0.3 is 0 Å². The number of nitrogens with zero attached hydrogens (tertiary/aromatic N) is 1. The van der Waals surface area contributed by atoms with E-state index >= 15 is 0 Å². The fourth-order valence-electron chi connectivity index (χ4n) is 2.24. The Morgan fingerprint density at radius 3 is 2.94 bits per heavy atom. The Balaban J connectivity index is 2.05. The molecule has 4 heteroatoms. The Morgan fingerprint density at radius 2 is 2.28 bits per heavy atom. The van der Waals surface area contributed by atoms with Gasteiger partial charge in [0.2, 0.25) is 0 Å². The zero-order valence-corrected chi connectivity index (χ0v) is 10.9. The van der Waals surface area contributed by atoms with Gasteiger partial charge in [-0.1, -0.05) is 19.9 Å². The van der Waals surface area contributed by atoms with Crippen molar-refractivity contribution >= 4 is 5.69 Å². The maximum absolute atomic E-state index is 13.4. The lowest BCUT2D eigenvalue weighted by Gasteiger charge is -2.34. The number of hydrogen-bond acceptors (Lipinski definition) is 3. The SMILES string of the molecule is C[C](C)CN1CCOC(c2ccc(N)c(F)c2)C1. The molecule has 1 aliphatic heterocycles. The second-order valence-corrected chi connectivity index (χ2v) is 5.08. The van der Waals surface area contributed by atoms with Crippen LogP contribution in [0.15, 0.2) is 18.2 Å². The van der Waals surface area contributed by atoms with Gasteiger partial charge in [-0.3, -0.25) is 4.90 Å². The average Bonchev–Trinajstić information content (AvgIpc) is 2.32. The normalized spacial score (nSPS) is 21.4. The fourth-order valence-corrected chi connectivity index (χ4v) is 2.24. The molecule has 1 aliphatic rings. The minimum Gasteiger partial charge on any atom is -0.396 e. The smallest absolute Gasteiger partial charge is 0.146 e. The maximum Gasteiger partial charge on any atom is 0.146 e. The number of nitrogens with two attached hydrogens (primary N) is 1. The van der Waals surface area contributed by atoms with Crippen LogP contribution in [-0.2, 0) is 4.74 Å². The number of benzene rings is 1. The molecule has 99 valence electrons. The number of hydrogen-bond donors (Lipinski definition) is 1. The first kappa shape index (κ1) is 13.3. The first-order valence-corrected chi connectivity index (χ1v) is 6.24. The zero-order chi connectivity index (χ0) is 13.1. The molecule has 1 saturated heterocycles. The van der Waals surface area contributed by atoms with Crippen molar-refractivity contribution < 1.29 is 9.13 Å². The van der Waals surface area contributed by atoms with E-state index in [4.69, 9.17) is 10.5 Å². The van der Waals surface area contributed by atoms with Crippen molar-refractivity contribution in [1.29, 1.82) is 0 Å². The van der Waals surface area contributed by atoms with Crippen LogP contribution < -0.4 is 5.73 Å². The highest BCUT2D eigenvalue weighted by atomic mass is 19.1. The van der Waals surface area contributed by atoms with Crippen LogP contribution in [0.3, 0.4) is 0 Å². The van der Waals surface area contributed by atoms with Crippen LogP contribution in [0, 0.1) is 11.7 Å². The van der Waals surface area contributed by atoms with Gasteiger partial charge in [0, 0.05) is 19.6 Å². The summed E-state index contributed by atoms with van der Waals surface area (Å²) >= 11 is 0. The zero-order valence-electron chi connectivity index (χ0n) is 10.9. The van der Waals surface area contributed by atoms with E-state index in [1.165, 1.54) is 12.0 Å². The maximum atomic E-state index is 13.4. The summed E-state index contributed by atoms with van der Waals surface area (Å²) in [5.41, 5.74) is 6.53. The van der Waals surface area contributed by atoms with Gasteiger partial charge < -0.3 is 10.5 Å². The molecule has 0 amide bonds. The molecule has 0 aliphatic carbocycles. The number of halogens is 1. The van der Waals surface area contributed by atoms with E-state index in [9.17, 15) is 4.39 Å². The van der Waals surface area contributed by atoms with Gasteiger partial charge in [-0.05, 0) is 23.6 Å². The molecule has 1 aromatic rings. The highest BCUT2D eigenvalue weighted by molar-refractivity contribution is 5.42. The summed E-state index contributed by atoms with van der Waals surface area (Å²) < 4.78 is 19.2. The highest BCUT2D eigenvalue weighted by Gasteiger charge is 2.22. The lowest BCUT2D eigenvalue weighted by atomic mass is 10.1. The number of rotatable bonds is 3. The Bertz CT molecular complexity index is 409. The van der Waals surface area contributed by atoms with Crippen LogP contribution in [0.1, 0.15) is 25.5 Å². The number of nitrogen functional groups attached to an aromatic ring is 1. The molecule has 1 radical (unpaired) electrons. The third-order valence-electron chi connectivity index (χ3n) is 3.09. The summed E-state index contributed by atoms with van der Waals surface area (Å²) in [5, 5.41) is 0. The summed E-state index contributed by atoms with van der Waals surface area (Å²) in [6, 6.07) is 4.92. The predicted molar refractivity (Wildman–Crippen MR) is 70.5 cm³/mol. The molecule has 1 atom stereocenters. The van der Waals surface area contributed by atoms with Gasteiger partial charge in [0.25, 0.3) is 0 Å². The van der Waals surface area contributed by atoms with Crippen LogP contribution in [0.2, 0.25) is 0 Å². The molecule has 2 N–H and O–H groups in total. The Morgan fingerprint density at radius 1 is 1.50 bits per heavy atom. The highest BCUT2D eigenvalue weighted by Crippen LogP contribution is 2.25. The van der Waals surface area contributed by atoms with E-state index in [2.05, 4.69) is 18.7 Å². The van der Waals surface area contributed by atoms with Crippen LogP contribution in [-0.4, -0.2) is 31.1 Å². The molecule has 1 fully saturated rings. The topological polar surface area (TPSA) is 38.5 Å². The van der Waals surface area contributed by atoms with E-state index in [-0.39, 0.29) is 17.6 Å². The lowest BCUT2D eigenvalue weighted by Crippen LogP contribution is -2.39. The van der Waals surface area contributed by atoms with Crippen LogP contribution >= 0.6 is 0 Å². The van der Waals surface area contributed by atoms with Crippen molar-refractivity contribution in [2.24, 2.45) is 0 Å². The molecule has 0 saturated carbocycles. The Labute approximate surface area is 108 Å². The fraction of sp³-hybridized carbons (Fsp3) is 0.500. The third kappa shape index (κ3) is 3.21. The molecular weight excluding hydrogens is 231 g/mol. The van der Waals surface area contributed by atoms with Crippen LogP contribution in [0.5, 0.6) is 0 Å². The van der Waals surface area contributed by atoms with Gasteiger partial charge in [-0.25, -0.2) is 4.39 Å². The number of anilines is 1. The van der Waals surface area contributed by atoms with Gasteiger partial charge in [0.15, 0.2) is 0 Å². The number of morpholine rings is 1. The van der Waals surface area contributed by atoms with E-state index in [0.29, 0.717) is 6.61 Å². The standard InChI is InChI=1S/C14H20FN2O/c1-10(2)8-17-5-6-18-14(9-17)11-3-4-13(16)12(15)7-11/h3-4,7,14H,5-6,8-9,16H2,1-2H3. The van der Waals surface area contributed by atoms with Gasteiger partial charge in [0.1, 0.15) is 5.82 Å². The average molecular weight is 251 g/mol. The monoisotopic (exact) mass is 251 g/mol. The van der Waals surface area contributed by atoms with Gasteiger partial charge in [-0.2, -0.15) is 0 Å². The van der Waals surface area contributed by atoms with Crippen molar-refractivity contribution in [3.8, 4) is 0 Å². The predicted octanol–water partition coefficient (Wildman–Crippen LogP) is 2.40. The molecule has 18 heavy (non-hydrogen) atoms. The Kier molecular flexibility index (Phi) is 4.19. The van der Waals surface area contributed by atoms with Crippen LogP contribution in [0.25, 0.3) is 0 Å². The molecule has 1 heterocycles. The molecule has 1 aromatic carbocycles. The van der Waals surface area contributed by atoms with Crippen LogP contribution in [0.4, 0.5) is 10.1 Å². The summed E-state index contributed by atoms with van der Waals surface area (Å²) in [5.74, 6) is 1.01. The first-order chi connectivity index (χ1) is 8.56. The minimum atomic E-state index is -0.369. The molecule has 0 aromatic heterocycles. The largest absolute Gasteiger partial charge is 0.396 e. The summed E-state index contributed by atoms with van der Waals surface area (Å²) in [6.45, 7) is 7.62. The lowest BCUT2D eigenvalue weighted by molar-refractivity contribution is -0.0284. The van der Waals surface area contributed by atoms with E-state index < -0.39 is 0 Å². The van der Waals surface area contributed by atoms with Crippen molar-refractivity contribution in [3.05, 3.63) is 35.5 Å². The second kappa shape index (κ2) is 5.67. The van der Waals surface area contributed by atoms with Gasteiger partial charge in [-0.15, -0.1) is 0 Å². The van der Waals surface area contributed by atoms with Crippen molar-refractivity contribution in [3.63, 3.8) is 0 Å². The molecule has 3 nitrogen and oxygen atoms in total. The van der Waals surface area contributed by atoms with E-state index in [1.807, 2.05) is 6.07 Å². The van der Waals surface area contributed by atoms with Gasteiger partial charge in [0.05, 0.1) is 18.4 Å². The Hall–Kier alpha value is -1.13. The number of ether oxygens (including phenoxy) is 1. The molecule has 2 rings (SSSR count). The summed E-state index contributed by atoms with van der Waals surface area (Å²) in [7, 11) is 0. The first-order valence-electron chi connectivity index (χ1n) is 6.24. The van der Waals surface area contributed by atoms with Crippen molar-refractivity contribution in [2.45, 2.75) is 20.0 Å². The molecule has 0 bridgehead atoms. The second-order valence-electron chi connectivity index (χ2n) is 5.08. The van der Waals surface area contributed by atoms with E-state index in [0.717, 1.165) is 25.2 Å². The molecule has 0 spiro atoms. The summed E-state index contributed by atoms with van der Waals surface area (Å²) in [6.07, 6.45) is -0.0619. The van der Waals surface area contributed by atoms with E-state index in [1.54, 1.807) is 6.07 Å². The minimum absolute atomic E-state index is 0.0619. The third-order valence-corrected chi connectivity index (χ3v) is 3.09. The van der Waals surface area contributed by atoms with Crippen molar-refractivity contribution in [2.75, 3.05) is 32.0 Å².